The van der Waals surface area contributed by atoms with Gasteiger partial charge in [0, 0.05) is 6.61 Å². The molecule has 4 heteroatoms. The number of hydrogen-bond acceptors (Lipinski definition) is 3. The molecule has 0 aromatic heterocycles. The fourth-order valence-corrected chi connectivity index (χ4v) is 8.74. The van der Waals surface area contributed by atoms with Crippen molar-refractivity contribution in [3.05, 3.63) is 72.8 Å². The van der Waals surface area contributed by atoms with Crippen molar-refractivity contribution in [3.63, 3.8) is 0 Å². The highest BCUT2D eigenvalue weighted by Crippen LogP contribution is 2.36. The molecule has 2 rings (SSSR count). The van der Waals surface area contributed by atoms with Crippen LogP contribution in [0.1, 0.15) is 47.0 Å². The largest absolute Gasteiger partial charge is 0.469 e. The number of carbonyl (C=O) groups excluding carboxylic acids is 1. The van der Waals surface area contributed by atoms with Gasteiger partial charge in [0.25, 0.3) is 8.32 Å². The van der Waals surface area contributed by atoms with Crippen LogP contribution in [-0.4, -0.2) is 28.0 Å². The molecule has 0 aliphatic heterocycles. The summed E-state index contributed by atoms with van der Waals surface area (Å²) < 4.78 is 11.8. The van der Waals surface area contributed by atoms with Crippen LogP contribution in [0.3, 0.4) is 0 Å². The Morgan fingerprint density at radius 2 is 1.50 bits per heavy atom. The van der Waals surface area contributed by atoms with E-state index in [4.69, 9.17) is 9.16 Å². The average Bonchev–Trinajstić information content (AvgIpc) is 2.75. The molecule has 2 aromatic carbocycles. The van der Waals surface area contributed by atoms with E-state index in [0.717, 1.165) is 19.3 Å². The second kappa shape index (κ2) is 11.3. The molecule has 1 atom stereocenters. The molecular weight excluding hydrogens is 388 g/mol. The zero-order valence-corrected chi connectivity index (χ0v) is 20.1. The van der Waals surface area contributed by atoms with E-state index in [1.54, 1.807) is 0 Å². The third-order valence-electron chi connectivity index (χ3n) is 5.57. The first-order chi connectivity index (χ1) is 14.4. The predicted octanol–water partition coefficient (Wildman–Crippen LogP) is 5.10. The van der Waals surface area contributed by atoms with Gasteiger partial charge in [0.05, 0.1) is 13.0 Å². The van der Waals surface area contributed by atoms with Crippen molar-refractivity contribution in [1.82, 2.24) is 0 Å². The molecule has 0 radical (unpaired) electrons. The van der Waals surface area contributed by atoms with E-state index < -0.39 is 8.32 Å². The molecule has 0 N–H and O–H groups in total. The van der Waals surface area contributed by atoms with Crippen LogP contribution in [0, 0.1) is 5.92 Å². The predicted molar refractivity (Wildman–Crippen MR) is 128 cm³/mol. The minimum atomic E-state index is -2.48. The van der Waals surface area contributed by atoms with E-state index in [0.29, 0.717) is 6.61 Å². The van der Waals surface area contributed by atoms with E-state index in [1.165, 1.54) is 17.5 Å². The summed E-state index contributed by atoms with van der Waals surface area (Å²) in [5.74, 6) is -0.339. The maximum Gasteiger partial charge on any atom is 0.312 e. The maximum absolute atomic E-state index is 11.9. The number of esters is 1. The molecule has 0 aliphatic rings. The van der Waals surface area contributed by atoms with Gasteiger partial charge in [0.2, 0.25) is 0 Å². The molecule has 0 spiro atoms. The fourth-order valence-electron chi connectivity index (χ4n) is 4.13. The lowest BCUT2D eigenvalue weighted by atomic mass is 10.0. The van der Waals surface area contributed by atoms with Crippen LogP contribution in [0.4, 0.5) is 0 Å². The van der Waals surface area contributed by atoms with Crippen LogP contribution < -0.4 is 10.4 Å². The van der Waals surface area contributed by atoms with Crippen molar-refractivity contribution in [2.45, 2.75) is 52.0 Å². The minimum absolute atomic E-state index is 0.0186. The lowest BCUT2D eigenvalue weighted by molar-refractivity contribution is -0.143. The van der Waals surface area contributed by atoms with Gasteiger partial charge in [-0.15, -0.1) is 0 Å². The Hall–Kier alpha value is -2.17. The quantitative estimate of drug-likeness (QED) is 0.230. The number of allylic oxidation sites excluding steroid dienone is 1. The molecule has 162 valence electrons. The summed E-state index contributed by atoms with van der Waals surface area (Å²) in [5, 5.41) is 2.57. The number of ether oxygens (including phenoxy) is 1. The smallest absolute Gasteiger partial charge is 0.312 e. The molecule has 0 heterocycles. The van der Waals surface area contributed by atoms with Crippen LogP contribution in [-0.2, 0) is 14.0 Å². The van der Waals surface area contributed by atoms with Crippen molar-refractivity contribution < 1.29 is 14.0 Å². The zero-order valence-electron chi connectivity index (χ0n) is 19.1. The van der Waals surface area contributed by atoms with Gasteiger partial charge < -0.3 is 9.16 Å². The summed E-state index contributed by atoms with van der Waals surface area (Å²) in [4.78, 5) is 11.9. The fraction of sp³-hybridized carbons (Fsp3) is 0.423. The van der Waals surface area contributed by atoms with Gasteiger partial charge in [0.1, 0.15) is 0 Å². The van der Waals surface area contributed by atoms with Crippen molar-refractivity contribution in [1.29, 1.82) is 0 Å². The molecule has 3 nitrogen and oxygen atoms in total. The lowest BCUT2D eigenvalue weighted by Crippen LogP contribution is -2.66. The zero-order chi connectivity index (χ0) is 22.0. The number of methoxy groups -OCH3 is 1. The summed E-state index contributed by atoms with van der Waals surface area (Å²) in [7, 11) is -1.03. The van der Waals surface area contributed by atoms with E-state index >= 15 is 0 Å². The van der Waals surface area contributed by atoms with E-state index in [9.17, 15) is 4.79 Å². The van der Waals surface area contributed by atoms with Crippen LogP contribution >= 0.6 is 0 Å². The Bertz CT molecular complexity index is 755. The topological polar surface area (TPSA) is 35.5 Å². The number of unbranched alkanes of at least 4 members (excludes halogenated alkanes) is 1. The Labute approximate surface area is 183 Å². The van der Waals surface area contributed by atoms with Gasteiger partial charge in [-0.2, -0.15) is 0 Å². The first-order valence-electron chi connectivity index (χ1n) is 10.8. The summed E-state index contributed by atoms with van der Waals surface area (Å²) in [6.07, 6.45) is 6.45. The second-order valence-corrected chi connectivity index (χ2v) is 13.0. The highest BCUT2D eigenvalue weighted by Gasteiger charge is 2.49. The van der Waals surface area contributed by atoms with Crippen molar-refractivity contribution in [2.24, 2.45) is 5.92 Å². The number of benzene rings is 2. The molecule has 0 saturated heterocycles. The average molecular weight is 425 g/mol. The summed E-state index contributed by atoms with van der Waals surface area (Å²) in [6, 6.07) is 21.4. The van der Waals surface area contributed by atoms with E-state index in [-0.39, 0.29) is 16.9 Å². The first-order valence-corrected chi connectivity index (χ1v) is 12.7. The third-order valence-corrected chi connectivity index (χ3v) is 10.6. The molecule has 0 bridgehead atoms. The van der Waals surface area contributed by atoms with Gasteiger partial charge >= 0.3 is 5.97 Å². The minimum Gasteiger partial charge on any atom is -0.469 e. The maximum atomic E-state index is 11.9. The van der Waals surface area contributed by atoms with Crippen LogP contribution in [0.2, 0.25) is 5.04 Å². The summed E-state index contributed by atoms with van der Waals surface area (Å²) in [6.45, 7) is 9.48. The molecule has 0 fully saturated rings. The molecular formula is C26H36O3Si. The van der Waals surface area contributed by atoms with Gasteiger partial charge in [0.15, 0.2) is 0 Å². The molecule has 0 saturated carbocycles. The number of hydrogen-bond donors (Lipinski definition) is 0. The van der Waals surface area contributed by atoms with Gasteiger partial charge in [-0.25, -0.2) is 0 Å². The molecule has 0 aliphatic carbocycles. The summed E-state index contributed by atoms with van der Waals surface area (Å²) >= 11 is 0. The molecule has 2 aromatic rings. The molecule has 30 heavy (non-hydrogen) atoms. The molecule has 0 amide bonds. The first kappa shape index (κ1) is 24.1. The Kier molecular flexibility index (Phi) is 9.06. The molecule has 1 unspecified atom stereocenters. The number of rotatable bonds is 10. The van der Waals surface area contributed by atoms with Gasteiger partial charge in [-0.05, 0) is 35.2 Å². The standard InChI is InChI=1S/C26H36O3Si/c1-6-15-22(25(27)28-5)16-13-14-21-29-30(26(2,3)4,23-17-9-7-10-18-23)24-19-11-8-12-20-24/h6-12,15,17-20,22H,13-14,16,21H2,1-5H3/b15-6+. The van der Waals surface area contributed by atoms with Gasteiger partial charge in [-0.1, -0.05) is 100 Å². The summed E-state index contributed by atoms with van der Waals surface area (Å²) in [5.41, 5.74) is 0. The van der Waals surface area contributed by atoms with Crippen LogP contribution in [0.5, 0.6) is 0 Å². The Balaban J connectivity index is 2.20. The number of carbonyl (C=O) groups is 1. The van der Waals surface area contributed by atoms with Crippen LogP contribution in [0.25, 0.3) is 0 Å². The monoisotopic (exact) mass is 424 g/mol. The third kappa shape index (κ3) is 5.70. The van der Waals surface area contributed by atoms with E-state index in [1.807, 2.05) is 19.1 Å². The SMILES string of the molecule is C/C=C/C(CCCCO[Si](c1ccccc1)(c1ccccc1)C(C)(C)C)C(=O)OC. The highest BCUT2D eigenvalue weighted by molar-refractivity contribution is 6.99. The van der Waals surface area contributed by atoms with Crippen molar-refractivity contribution in [3.8, 4) is 0 Å². The van der Waals surface area contributed by atoms with Crippen molar-refractivity contribution in [2.75, 3.05) is 13.7 Å². The highest BCUT2D eigenvalue weighted by atomic mass is 28.4. The van der Waals surface area contributed by atoms with Crippen LogP contribution in [0.15, 0.2) is 72.8 Å². The normalized spacial score (nSPS) is 13.4. The Morgan fingerprint density at radius 3 is 1.93 bits per heavy atom. The van der Waals surface area contributed by atoms with Gasteiger partial charge in [-0.3, -0.25) is 4.79 Å². The lowest BCUT2D eigenvalue weighted by Gasteiger charge is -2.43. The van der Waals surface area contributed by atoms with E-state index in [2.05, 4.69) is 81.4 Å². The Morgan fingerprint density at radius 1 is 0.967 bits per heavy atom. The van der Waals surface area contributed by atoms with Crippen molar-refractivity contribution >= 4 is 24.7 Å². The second-order valence-electron chi connectivity index (χ2n) is 8.66.